The van der Waals surface area contributed by atoms with Crippen LogP contribution >= 0.6 is 0 Å². The topological polar surface area (TPSA) is 20.3 Å². The van der Waals surface area contributed by atoms with Gasteiger partial charge in [0.15, 0.2) is 0 Å². The van der Waals surface area contributed by atoms with Crippen molar-refractivity contribution in [1.29, 1.82) is 0 Å². The van der Waals surface area contributed by atoms with E-state index in [1.165, 1.54) is 5.56 Å². The Morgan fingerprint density at radius 3 is 2.47 bits per heavy atom. The highest BCUT2D eigenvalue weighted by molar-refractivity contribution is 5.91. The monoisotopic (exact) mass is 228 g/mol. The molecular weight excluding hydrogens is 210 g/mol. The number of nitrogens with zero attached hydrogens (tertiary/aromatic N) is 1. The molecular formula is C15H18NO. The van der Waals surface area contributed by atoms with Crippen LogP contribution < -0.4 is 0 Å². The maximum absolute atomic E-state index is 11.9. The maximum Gasteiger partial charge on any atom is 0.246 e. The lowest BCUT2D eigenvalue weighted by atomic mass is 10.1. The van der Waals surface area contributed by atoms with Crippen LogP contribution in [0.5, 0.6) is 0 Å². The summed E-state index contributed by atoms with van der Waals surface area (Å²) in [4.78, 5) is 13.8. The maximum atomic E-state index is 11.9. The molecule has 1 heterocycles. The molecule has 1 aromatic carbocycles. The fourth-order valence-corrected chi connectivity index (χ4v) is 1.92. The van der Waals surface area contributed by atoms with Crippen LogP contribution in [0.25, 0.3) is 6.08 Å². The van der Waals surface area contributed by atoms with Crippen molar-refractivity contribution < 1.29 is 4.79 Å². The summed E-state index contributed by atoms with van der Waals surface area (Å²) in [6.45, 7) is 3.77. The van der Waals surface area contributed by atoms with E-state index in [4.69, 9.17) is 0 Å². The Labute approximate surface area is 103 Å². The van der Waals surface area contributed by atoms with E-state index in [-0.39, 0.29) is 5.91 Å². The summed E-state index contributed by atoms with van der Waals surface area (Å²) in [7, 11) is 0. The Morgan fingerprint density at radius 1 is 1.18 bits per heavy atom. The van der Waals surface area contributed by atoms with E-state index in [9.17, 15) is 4.79 Å². The molecule has 0 N–H and O–H groups in total. The first-order valence-corrected chi connectivity index (χ1v) is 6.11. The number of carbonyl (C=O) groups excluding carboxylic acids is 1. The zero-order chi connectivity index (χ0) is 12.1. The minimum Gasteiger partial charge on any atom is -0.339 e. The van der Waals surface area contributed by atoms with Crippen LogP contribution in [0.15, 0.2) is 30.3 Å². The second kappa shape index (κ2) is 5.67. The fraction of sp³-hybridized carbons (Fsp3) is 0.333. The van der Waals surface area contributed by atoms with Gasteiger partial charge in [-0.3, -0.25) is 4.79 Å². The van der Waals surface area contributed by atoms with Gasteiger partial charge in [0, 0.05) is 19.2 Å². The quantitative estimate of drug-likeness (QED) is 0.713. The van der Waals surface area contributed by atoms with E-state index in [0.29, 0.717) is 0 Å². The number of carbonyl (C=O) groups is 1. The summed E-state index contributed by atoms with van der Waals surface area (Å²) >= 11 is 0. The SMILES string of the molecule is Cc1ccc(C=CC(=O)N2CC[CH]CC2)cc1. The van der Waals surface area contributed by atoms with E-state index in [0.717, 1.165) is 31.5 Å². The van der Waals surface area contributed by atoms with E-state index in [2.05, 4.69) is 25.5 Å². The molecule has 0 spiro atoms. The van der Waals surface area contributed by atoms with Gasteiger partial charge in [0.05, 0.1) is 0 Å². The van der Waals surface area contributed by atoms with Crippen molar-refractivity contribution in [3.8, 4) is 0 Å². The van der Waals surface area contributed by atoms with E-state index >= 15 is 0 Å². The zero-order valence-electron chi connectivity index (χ0n) is 10.2. The van der Waals surface area contributed by atoms with Crippen molar-refractivity contribution in [2.24, 2.45) is 0 Å². The van der Waals surface area contributed by atoms with Gasteiger partial charge in [0.1, 0.15) is 0 Å². The van der Waals surface area contributed by atoms with Crippen molar-refractivity contribution in [2.45, 2.75) is 19.8 Å². The normalized spacial score (nSPS) is 16.4. The second-order valence-electron chi connectivity index (χ2n) is 4.44. The molecule has 89 valence electrons. The van der Waals surface area contributed by atoms with E-state index < -0.39 is 0 Å². The Hall–Kier alpha value is -1.57. The molecule has 0 bridgehead atoms. The first-order chi connectivity index (χ1) is 8.25. The van der Waals surface area contributed by atoms with Crippen LogP contribution in [0.2, 0.25) is 0 Å². The number of benzene rings is 1. The van der Waals surface area contributed by atoms with Crippen LogP contribution in [0.1, 0.15) is 24.0 Å². The van der Waals surface area contributed by atoms with Crippen LogP contribution in [0, 0.1) is 13.3 Å². The van der Waals surface area contributed by atoms with Gasteiger partial charge in [-0.1, -0.05) is 29.8 Å². The number of aryl methyl sites for hydroxylation is 1. The molecule has 1 amide bonds. The number of amides is 1. The summed E-state index contributed by atoms with van der Waals surface area (Å²) in [6, 6.07) is 8.17. The number of piperidine rings is 1. The van der Waals surface area contributed by atoms with Crippen LogP contribution in [0.3, 0.4) is 0 Å². The van der Waals surface area contributed by atoms with Crippen molar-refractivity contribution in [3.63, 3.8) is 0 Å². The van der Waals surface area contributed by atoms with Crippen molar-refractivity contribution in [1.82, 2.24) is 4.90 Å². The van der Waals surface area contributed by atoms with Gasteiger partial charge >= 0.3 is 0 Å². The summed E-state index contributed by atoms with van der Waals surface area (Å²) in [5.74, 6) is 0.124. The highest BCUT2D eigenvalue weighted by Crippen LogP contribution is 2.09. The number of rotatable bonds is 2. The largest absolute Gasteiger partial charge is 0.339 e. The van der Waals surface area contributed by atoms with Gasteiger partial charge in [-0.25, -0.2) is 0 Å². The summed E-state index contributed by atoms with van der Waals surface area (Å²) in [6.07, 6.45) is 7.85. The molecule has 1 saturated heterocycles. The molecule has 1 radical (unpaired) electrons. The smallest absolute Gasteiger partial charge is 0.246 e. The summed E-state index contributed by atoms with van der Waals surface area (Å²) in [5.41, 5.74) is 2.31. The van der Waals surface area contributed by atoms with Gasteiger partial charge in [0.25, 0.3) is 0 Å². The third-order valence-electron chi connectivity index (χ3n) is 3.01. The van der Waals surface area contributed by atoms with Crippen molar-refractivity contribution >= 4 is 12.0 Å². The molecule has 2 rings (SSSR count). The molecule has 1 aliphatic rings. The first-order valence-electron chi connectivity index (χ1n) is 6.11. The van der Waals surface area contributed by atoms with Gasteiger partial charge < -0.3 is 4.90 Å². The minimum atomic E-state index is 0.124. The molecule has 2 nitrogen and oxygen atoms in total. The molecule has 0 saturated carbocycles. The zero-order valence-corrected chi connectivity index (χ0v) is 10.2. The lowest BCUT2D eigenvalue weighted by Crippen LogP contribution is -2.34. The van der Waals surface area contributed by atoms with E-state index in [1.807, 2.05) is 23.1 Å². The van der Waals surface area contributed by atoms with Crippen molar-refractivity contribution in [3.05, 3.63) is 47.9 Å². The Balaban J connectivity index is 1.95. The van der Waals surface area contributed by atoms with Crippen LogP contribution in [0.4, 0.5) is 0 Å². The fourth-order valence-electron chi connectivity index (χ4n) is 1.92. The molecule has 0 atom stereocenters. The Morgan fingerprint density at radius 2 is 1.82 bits per heavy atom. The van der Waals surface area contributed by atoms with Gasteiger partial charge in [-0.2, -0.15) is 0 Å². The summed E-state index contributed by atoms with van der Waals surface area (Å²) < 4.78 is 0. The average molecular weight is 228 g/mol. The van der Waals surface area contributed by atoms with Crippen molar-refractivity contribution in [2.75, 3.05) is 13.1 Å². The highest BCUT2D eigenvalue weighted by Gasteiger charge is 2.13. The Bertz CT molecular complexity index is 399. The number of hydrogen-bond acceptors (Lipinski definition) is 1. The van der Waals surface area contributed by atoms with Gasteiger partial charge in [-0.05, 0) is 37.8 Å². The third-order valence-corrected chi connectivity index (χ3v) is 3.01. The minimum absolute atomic E-state index is 0.124. The number of hydrogen-bond donors (Lipinski definition) is 0. The molecule has 1 aromatic rings. The Kier molecular flexibility index (Phi) is 3.97. The van der Waals surface area contributed by atoms with Crippen LogP contribution in [-0.2, 0) is 4.79 Å². The third kappa shape index (κ3) is 3.45. The molecule has 0 aliphatic carbocycles. The molecule has 2 heteroatoms. The molecule has 0 aromatic heterocycles. The molecule has 1 aliphatic heterocycles. The predicted octanol–water partition coefficient (Wildman–Crippen LogP) is 2.83. The predicted molar refractivity (Wildman–Crippen MR) is 70.3 cm³/mol. The second-order valence-corrected chi connectivity index (χ2v) is 4.44. The summed E-state index contributed by atoms with van der Waals surface area (Å²) in [5, 5.41) is 0. The standard InChI is InChI=1S/C15H18NO/c1-13-5-7-14(8-6-13)9-10-15(17)16-11-3-2-4-12-16/h2,5-10H,3-4,11-12H2,1H3. The molecule has 0 unspecified atom stereocenters. The number of likely N-dealkylation sites (tertiary alicyclic amines) is 1. The lowest BCUT2D eigenvalue weighted by molar-refractivity contribution is -0.126. The lowest BCUT2D eigenvalue weighted by Gasteiger charge is -2.25. The van der Waals surface area contributed by atoms with Crippen LogP contribution in [-0.4, -0.2) is 23.9 Å². The average Bonchev–Trinajstić information content (AvgIpc) is 2.39. The molecule has 17 heavy (non-hydrogen) atoms. The first kappa shape index (κ1) is 11.9. The molecule has 1 fully saturated rings. The van der Waals surface area contributed by atoms with Gasteiger partial charge in [0.2, 0.25) is 5.91 Å². The van der Waals surface area contributed by atoms with Gasteiger partial charge in [-0.15, -0.1) is 0 Å². The van der Waals surface area contributed by atoms with E-state index in [1.54, 1.807) is 6.08 Å². The highest BCUT2D eigenvalue weighted by atomic mass is 16.2.